The van der Waals surface area contributed by atoms with Gasteiger partial charge in [-0.15, -0.1) is 0 Å². The van der Waals surface area contributed by atoms with E-state index in [1.54, 1.807) is 12.1 Å². The number of piperidine rings is 1. The molecule has 1 aliphatic rings. The molecule has 1 N–H and O–H groups in total. The highest BCUT2D eigenvalue weighted by Gasteiger charge is 2.17. The number of nitrogens with zero attached hydrogens (tertiary/aromatic N) is 2. The lowest BCUT2D eigenvalue weighted by Gasteiger charge is -2.30. The van der Waals surface area contributed by atoms with Crippen molar-refractivity contribution in [3.63, 3.8) is 0 Å². The molecule has 0 aromatic heterocycles. The zero-order chi connectivity index (χ0) is 15.1. The van der Waals surface area contributed by atoms with Gasteiger partial charge in [0.2, 0.25) is 0 Å². The second-order valence-electron chi connectivity index (χ2n) is 5.85. The van der Waals surface area contributed by atoms with Crippen LogP contribution in [0.15, 0.2) is 18.2 Å². The van der Waals surface area contributed by atoms with Gasteiger partial charge < -0.3 is 5.32 Å². The van der Waals surface area contributed by atoms with E-state index in [2.05, 4.69) is 17.1 Å². The zero-order valence-electron chi connectivity index (χ0n) is 12.7. The largest absolute Gasteiger partial charge is 0.317 e. The summed E-state index contributed by atoms with van der Waals surface area (Å²) in [6.45, 7) is 7.34. The number of benzene rings is 1. The van der Waals surface area contributed by atoms with Gasteiger partial charge in [0, 0.05) is 13.1 Å². The number of rotatable bonds is 6. The minimum Gasteiger partial charge on any atom is -0.317 e. The van der Waals surface area contributed by atoms with Crippen molar-refractivity contribution in [3.05, 3.63) is 35.1 Å². The summed E-state index contributed by atoms with van der Waals surface area (Å²) in [5, 5.41) is 12.3. The van der Waals surface area contributed by atoms with Crippen molar-refractivity contribution in [3.8, 4) is 6.07 Å². The summed E-state index contributed by atoms with van der Waals surface area (Å²) in [4.78, 5) is 2.43. The molecule has 1 heterocycles. The Hall–Kier alpha value is -1.44. The van der Waals surface area contributed by atoms with E-state index in [0.717, 1.165) is 50.6 Å². The van der Waals surface area contributed by atoms with Crippen LogP contribution >= 0.6 is 0 Å². The van der Waals surface area contributed by atoms with Gasteiger partial charge in [-0.2, -0.15) is 5.26 Å². The van der Waals surface area contributed by atoms with E-state index in [9.17, 15) is 4.39 Å². The second-order valence-corrected chi connectivity index (χ2v) is 5.85. The van der Waals surface area contributed by atoms with Gasteiger partial charge >= 0.3 is 0 Å². The molecule has 0 radical (unpaired) electrons. The first-order chi connectivity index (χ1) is 10.2. The highest BCUT2D eigenvalue weighted by Crippen LogP contribution is 2.17. The van der Waals surface area contributed by atoms with Crippen molar-refractivity contribution in [1.29, 1.82) is 5.26 Å². The first kappa shape index (κ1) is 15.9. The lowest BCUT2D eigenvalue weighted by Crippen LogP contribution is -2.36. The van der Waals surface area contributed by atoms with E-state index in [-0.39, 0.29) is 5.56 Å². The highest BCUT2D eigenvalue weighted by molar-refractivity contribution is 5.34. The topological polar surface area (TPSA) is 39.1 Å². The molecule has 0 bridgehead atoms. The number of hydrogen-bond acceptors (Lipinski definition) is 3. The molecular formula is C17H24FN3. The standard InChI is InChI=1S/C17H24FN3/c1-2-9-21(12-14-5-7-20-8-6-14)13-15-3-4-17(18)16(10-15)11-19/h3-4,10,14,20H,2,5-9,12-13H2,1H3. The summed E-state index contributed by atoms with van der Waals surface area (Å²) in [7, 11) is 0. The molecule has 21 heavy (non-hydrogen) atoms. The molecule has 114 valence electrons. The molecular weight excluding hydrogens is 265 g/mol. The SMILES string of the molecule is CCCN(Cc1ccc(F)c(C#N)c1)CC1CCNCC1. The maximum atomic E-state index is 13.4. The molecule has 3 nitrogen and oxygen atoms in total. The third-order valence-corrected chi connectivity index (χ3v) is 4.07. The molecule has 1 aromatic carbocycles. The van der Waals surface area contributed by atoms with Crippen molar-refractivity contribution in [2.24, 2.45) is 5.92 Å². The third-order valence-electron chi connectivity index (χ3n) is 4.07. The molecule has 0 spiro atoms. The first-order valence-corrected chi connectivity index (χ1v) is 7.84. The minimum absolute atomic E-state index is 0.144. The summed E-state index contributed by atoms with van der Waals surface area (Å²) in [5.41, 5.74) is 1.17. The Morgan fingerprint density at radius 3 is 2.81 bits per heavy atom. The maximum Gasteiger partial charge on any atom is 0.140 e. The predicted octanol–water partition coefficient (Wildman–Crippen LogP) is 2.91. The van der Waals surface area contributed by atoms with E-state index >= 15 is 0 Å². The van der Waals surface area contributed by atoms with Crippen LogP contribution in [0.25, 0.3) is 0 Å². The number of nitriles is 1. The molecule has 2 rings (SSSR count). The van der Waals surface area contributed by atoms with Gasteiger partial charge in [0.1, 0.15) is 11.9 Å². The van der Waals surface area contributed by atoms with Gasteiger partial charge in [-0.3, -0.25) is 4.90 Å². The van der Waals surface area contributed by atoms with Crippen LogP contribution in [-0.2, 0) is 6.54 Å². The van der Waals surface area contributed by atoms with Crippen molar-refractivity contribution in [1.82, 2.24) is 10.2 Å². The van der Waals surface area contributed by atoms with Crippen LogP contribution in [0.5, 0.6) is 0 Å². The predicted molar refractivity (Wildman–Crippen MR) is 82.3 cm³/mol. The quantitative estimate of drug-likeness (QED) is 0.875. The lowest BCUT2D eigenvalue weighted by molar-refractivity contribution is 0.199. The van der Waals surface area contributed by atoms with E-state index in [4.69, 9.17) is 5.26 Å². The Kier molecular flexibility index (Phi) is 6.16. The summed E-state index contributed by atoms with van der Waals surface area (Å²) in [6.07, 6.45) is 3.57. The highest BCUT2D eigenvalue weighted by atomic mass is 19.1. The van der Waals surface area contributed by atoms with E-state index in [1.807, 2.05) is 6.07 Å². The number of nitrogens with one attached hydrogen (secondary N) is 1. The smallest absolute Gasteiger partial charge is 0.140 e. The molecule has 0 unspecified atom stereocenters. The molecule has 4 heteroatoms. The van der Waals surface area contributed by atoms with E-state index < -0.39 is 5.82 Å². The molecule has 0 aliphatic carbocycles. The number of hydrogen-bond donors (Lipinski definition) is 1. The Labute approximate surface area is 126 Å². The van der Waals surface area contributed by atoms with Crippen molar-refractivity contribution < 1.29 is 4.39 Å². The Morgan fingerprint density at radius 2 is 2.14 bits per heavy atom. The third kappa shape index (κ3) is 4.80. The van der Waals surface area contributed by atoms with Gasteiger partial charge in [0.15, 0.2) is 0 Å². The molecule has 0 saturated carbocycles. The lowest BCUT2D eigenvalue weighted by atomic mass is 9.97. The van der Waals surface area contributed by atoms with Crippen LogP contribution in [-0.4, -0.2) is 31.1 Å². The summed E-state index contributed by atoms with van der Waals surface area (Å²) >= 11 is 0. The van der Waals surface area contributed by atoms with Crippen LogP contribution < -0.4 is 5.32 Å². The van der Waals surface area contributed by atoms with Crippen molar-refractivity contribution >= 4 is 0 Å². The number of halogens is 1. The van der Waals surface area contributed by atoms with Gasteiger partial charge in [0.05, 0.1) is 5.56 Å². The molecule has 0 atom stereocenters. The first-order valence-electron chi connectivity index (χ1n) is 7.84. The molecule has 0 amide bonds. The van der Waals surface area contributed by atoms with Crippen LogP contribution in [0.3, 0.4) is 0 Å². The Morgan fingerprint density at radius 1 is 1.38 bits per heavy atom. The van der Waals surface area contributed by atoms with Crippen molar-refractivity contribution in [2.75, 3.05) is 26.2 Å². The average Bonchev–Trinajstić information content (AvgIpc) is 2.50. The van der Waals surface area contributed by atoms with Crippen LogP contribution in [0, 0.1) is 23.1 Å². The zero-order valence-corrected chi connectivity index (χ0v) is 12.7. The van der Waals surface area contributed by atoms with Gasteiger partial charge in [-0.05, 0) is 62.5 Å². The van der Waals surface area contributed by atoms with Crippen LogP contribution in [0.1, 0.15) is 37.3 Å². The average molecular weight is 289 g/mol. The molecule has 1 fully saturated rings. The normalized spacial score (nSPS) is 16.1. The fourth-order valence-corrected chi connectivity index (χ4v) is 3.00. The summed E-state index contributed by atoms with van der Waals surface area (Å²) in [6, 6.07) is 6.80. The van der Waals surface area contributed by atoms with Crippen LogP contribution in [0.4, 0.5) is 4.39 Å². The van der Waals surface area contributed by atoms with Gasteiger partial charge in [-0.25, -0.2) is 4.39 Å². The summed E-state index contributed by atoms with van der Waals surface area (Å²) < 4.78 is 13.4. The summed E-state index contributed by atoms with van der Waals surface area (Å²) in [5.74, 6) is 0.315. The maximum absolute atomic E-state index is 13.4. The van der Waals surface area contributed by atoms with E-state index in [1.165, 1.54) is 18.9 Å². The monoisotopic (exact) mass is 289 g/mol. The molecule has 1 aliphatic heterocycles. The van der Waals surface area contributed by atoms with E-state index in [0.29, 0.717) is 0 Å². The second kappa shape index (κ2) is 8.11. The minimum atomic E-state index is -0.429. The Balaban J connectivity index is 1.99. The molecule has 1 aromatic rings. The van der Waals surface area contributed by atoms with Crippen molar-refractivity contribution in [2.45, 2.75) is 32.7 Å². The van der Waals surface area contributed by atoms with Gasteiger partial charge in [-0.1, -0.05) is 13.0 Å². The molecule has 1 saturated heterocycles. The van der Waals surface area contributed by atoms with Crippen LogP contribution in [0.2, 0.25) is 0 Å². The van der Waals surface area contributed by atoms with Gasteiger partial charge in [0.25, 0.3) is 0 Å². The Bertz CT molecular complexity index is 489. The fourth-order valence-electron chi connectivity index (χ4n) is 3.00. The fraction of sp³-hybridized carbons (Fsp3) is 0.588.